The number of phenols is 1. The number of carboxylic acid groups (broad SMARTS) is 1. The SMILES string of the molecule is CC1CN(CC(Cc2ccccc2)C(=O)C(N)C(=O)O)CCC1(C)c1cccc(O)c1. The number of nitrogens with zero attached hydrogens (tertiary/aromatic N) is 1. The molecule has 166 valence electrons. The number of nitrogens with two attached hydrogens (primary N) is 1. The number of carbonyl (C=O) groups is 2. The number of hydrogen-bond acceptors (Lipinski definition) is 5. The van der Waals surface area contributed by atoms with Crippen molar-refractivity contribution in [2.75, 3.05) is 19.6 Å². The molecule has 0 amide bonds. The van der Waals surface area contributed by atoms with Gasteiger partial charge in [0, 0.05) is 19.0 Å². The van der Waals surface area contributed by atoms with E-state index in [1.54, 1.807) is 6.07 Å². The largest absolute Gasteiger partial charge is 0.508 e. The van der Waals surface area contributed by atoms with Gasteiger partial charge in [-0.2, -0.15) is 0 Å². The van der Waals surface area contributed by atoms with Gasteiger partial charge in [-0.05, 0) is 54.0 Å². The van der Waals surface area contributed by atoms with Crippen LogP contribution >= 0.6 is 0 Å². The monoisotopic (exact) mass is 424 g/mol. The van der Waals surface area contributed by atoms with E-state index in [1.165, 1.54) is 0 Å². The zero-order valence-electron chi connectivity index (χ0n) is 18.2. The Hall–Kier alpha value is -2.70. The predicted octanol–water partition coefficient (Wildman–Crippen LogP) is 2.83. The summed E-state index contributed by atoms with van der Waals surface area (Å²) >= 11 is 0. The lowest BCUT2D eigenvalue weighted by atomic mass is 9.68. The number of piperidine rings is 1. The topological polar surface area (TPSA) is 104 Å². The third-order valence-corrected chi connectivity index (χ3v) is 6.85. The molecule has 0 aliphatic carbocycles. The molecule has 3 rings (SSSR count). The molecule has 1 aliphatic rings. The normalized spacial score (nSPS) is 23.8. The van der Waals surface area contributed by atoms with Crippen LogP contribution in [-0.2, 0) is 21.4 Å². The molecule has 0 saturated carbocycles. The van der Waals surface area contributed by atoms with Crippen LogP contribution in [0.15, 0.2) is 54.6 Å². The Kier molecular flexibility index (Phi) is 7.13. The number of carboxylic acids is 1. The number of aliphatic carboxylic acids is 1. The molecule has 31 heavy (non-hydrogen) atoms. The lowest BCUT2D eigenvalue weighted by Gasteiger charge is -2.46. The average Bonchev–Trinajstić information content (AvgIpc) is 2.75. The van der Waals surface area contributed by atoms with Gasteiger partial charge >= 0.3 is 5.97 Å². The highest BCUT2D eigenvalue weighted by Crippen LogP contribution is 2.40. The summed E-state index contributed by atoms with van der Waals surface area (Å²) in [6.45, 7) is 6.46. The van der Waals surface area contributed by atoms with Gasteiger partial charge in [-0.25, -0.2) is 0 Å². The fraction of sp³-hybridized carbons (Fsp3) is 0.440. The standard InChI is InChI=1S/C25H32N2O4/c1-17-15-27(12-11-25(17,2)20-9-6-10-21(28)14-20)16-19(23(29)22(26)24(30)31)13-18-7-4-3-5-8-18/h3-10,14,17,19,22,28H,11-13,15-16,26H2,1-2H3,(H,30,31). The summed E-state index contributed by atoms with van der Waals surface area (Å²) in [4.78, 5) is 26.4. The lowest BCUT2D eigenvalue weighted by molar-refractivity contribution is -0.143. The van der Waals surface area contributed by atoms with Gasteiger partial charge in [-0.15, -0.1) is 0 Å². The smallest absolute Gasteiger partial charge is 0.328 e. The van der Waals surface area contributed by atoms with E-state index in [-0.39, 0.29) is 11.2 Å². The Morgan fingerprint density at radius 1 is 1.19 bits per heavy atom. The van der Waals surface area contributed by atoms with Crippen LogP contribution in [0.5, 0.6) is 5.75 Å². The van der Waals surface area contributed by atoms with E-state index in [0.29, 0.717) is 18.9 Å². The second kappa shape index (κ2) is 9.62. The molecule has 4 N–H and O–H groups in total. The Morgan fingerprint density at radius 2 is 1.90 bits per heavy atom. The molecule has 2 aromatic rings. The summed E-state index contributed by atoms with van der Waals surface area (Å²) in [6, 6.07) is 15.6. The van der Waals surface area contributed by atoms with Crippen molar-refractivity contribution in [2.24, 2.45) is 17.6 Å². The van der Waals surface area contributed by atoms with Crippen LogP contribution < -0.4 is 5.73 Å². The van der Waals surface area contributed by atoms with Crippen LogP contribution in [0.4, 0.5) is 0 Å². The minimum Gasteiger partial charge on any atom is -0.508 e. The van der Waals surface area contributed by atoms with Crippen LogP contribution in [0.3, 0.4) is 0 Å². The first-order valence-electron chi connectivity index (χ1n) is 10.8. The molecule has 4 unspecified atom stereocenters. The maximum atomic E-state index is 12.9. The van der Waals surface area contributed by atoms with Gasteiger partial charge in [-0.3, -0.25) is 9.59 Å². The zero-order chi connectivity index (χ0) is 22.6. The summed E-state index contributed by atoms with van der Waals surface area (Å²) < 4.78 is 0. The Balaban J connectivity index is 1.74. The van der Waals surface area contributed by atoms with Crippen molar-refractivity contribution < 1.29 is 19.8 Å². The van der Waals surface area contributed by atoms with Gasteiger partial charge in [0.1, 0.15) is 5.75 Å². The van der Waals surface area contributed by atoms with E-state index in [1.807, 2.05) is 42.5 Å². The maximum absolute atomic E-state index is 12.9. The van der Waals surface area contributed by atoms with E-state index in [9.17, 15) is 19.8 Å². The molecule has 4 atom stereocenters. The maximum Gasteiger partial charge on any atom is 0.328 e. The van der Waals surface area contributed by atoms with Crippen molar-refractivity contribution in [3.8, 4) is 5.75 Å². The highest BCUT2D eigenvalue weighted by atomic mass is 16.4. The molecule has 0 radical (unpaired) electrons. The fourth-order valence-electron chi connectivity index (χ4n) is 4.61. The predicted molar refractivity (Wildman–Crippen MR) is 120 cm³/mol. The average molecular weight is 425 g/mol. The van der Waals surface area contributed by atoms with Crippen LogP contribution in [0.2, 0.25) is 0 Å². The summed E-state index contributed by atoms with van der Waals surface area (Å²) in [7, 11) is 0. The highest BCUT2D eigenvalue weighted by molar-refractivity contribution is 6.03. The molecule has 0 aromatic heterocycles. The number of hydrogen-bond donors (Lipinski definition) is 3. The van der Waals surface area contributed by atoms with Crippen molar-refractivity contribution >= 4 is 11.8 Å². The van der Waals surface area contributed by atoms with Crippen molar-refractivity contribution in [1.29, 1.82) is 0 Å². The summed E-state index contributed by atoms with van der Waals surface area (Å²) in [5, 5.41) is 19.2. The van der Waals surface area contributed by atoms with Crippen molar-refractivity contribution in [3.05, 3.63) is 65.7 Å². The van der Waals surface area contributed by atoms with Gasteiger partial charge in [0.25, 0.3) is 0 Å². The fourth-order valence-corrected chi connectivity index (χ4v) is 4.61. The molecule has 6 nitrogen and oxygen atoms in total. The van der Waals surface area contributed by atoms with Gasteiger partial charge < -0.3 is 20.8 Å². The van der Waals surface area contributed by atoms with Crippen LogP contribution in [0.1, 0.15) is 31.4 Å². The molecule has 0 spiro atoms. The number of ketones is 1. The number of phenolic OH excluding ortho intramolecular Hbond substituents is 1. The lowest BCUT2D eigenvalue weighted by Crippen LogP contribution is -2.51. The highest BCUT2D eigenvalue weighted by Gasteiger charge is 2.39. The summed E-state index contributed by atoms with van der Waals surface area (Å²) in [5.74, 6) is -1.63. The Labute approximate surface area is 183 Å². The molecular formula is C25H32N2O4. The zero-order valence-corrected chi connectivity index (χ0v) is 18.2. The molecule has 1 saturated heterocycles. The van der Waals surface area contributed by atoms with E-state index in [2.05, 4.69) is 24.8 Å². The molecule has 2 aromatic carbocycles. The quantitative estimate of drug-likeness (QED) is 0.563. The molecule has 0 bridgehead atoms. The summed E-state index contributed by atoms with van der Waals surface area (Å²) in [5.41, 5.74) is 7.72. The van der Waals surface area contributed by atoms with Gasteiger partial charge in [0.15, 0.2) is 11.8 Å². The van der Waals surface area contributed by atoms with E-state index in [0.717, 1.165) is 30.6 Å². The first-order chi connectivity index (χ1) is 14.7. The van der Waals surface area contributed by atoms with Crippen LogP contribution in [0.25, 0.3) is 0 Å². The molecule has 1 aliphatic heterocycles. The van der Waals surface area contributed by atoms with Crippen molar-refractivity contribution in [2.45, 2.75) is 38.1 Å². The third kappa shape index (κ3) is 5.32. The second-order valence-corrected chi connectivity index (χ2v) is 8.98. The van der Waals surface area contributed by atoms with Crippen molar-refractivity contribution in [1.82, 2.24) is 4.90 Å². The summed E-state index contributed by atoms with van der Waals surface area (Å²) in [6.07, 6.45) is 1.35. The molecule has 1 fully saturated rings. The second-order valence-electron chi connectivity index (χ2n) is 8.98. The number of aromatic hydroxyl groups is 1. The molecule has 1 heterocycles. The first kappa shape index (κ1) is 23.0. The number of benzene rings is 2. The Morgan fingerprint density at radius 3 is 2.52 bits per heavy atom. The van der Waals surface area contributed by atoms with E-state index >= 15 is 0 Å². The van der Waals surface area contributed by atoms with Gasteiger partial charge in [0.05, 0.1) is 0 Å². The number of carbonyl (C=O) groups excluding carboxylic acids is 1. The Bertz CT molecular complexity index is 917. The van der Waals surface area contributed by atoms with E-state index in [4.69, 9.17) is 5.73 Å². The number of rotatable bonds is 8. The van der Waals surface area contributed by atoms with E-state index < -0.39 is 23.7 Å². The minimum atomic E-state index is -1.51. The third-order valence-electron chi connectivity index (χ3n) is 6.85. The number of likely N-dealkylation sites (tertiary alicyclic amines) is 1. The van der Waals surface area contributed by atoms with Crippen LogP contribution in [-0.4, -0.2) is 52.5 Å². The van der Waals surface area contributed by atoms with Crippen LogP contribution in [0, 0.1) is 11.8 Å². The van der Waals surface area contributed by atoms with Gasteiger partial charge in [0.2, 0.25) is 0 Å². The molecular weight excluding hydrogens is 392 g/mol. The minimum absolute atomic E-state index is 0.0777. The van der Waals surface area contributed by atoms with Crippen molar-refractivity contribution in [3.63, 3.8) is 0 Å². The van der Waals surface area contributed by atoms with Gasteiger partial charge in [-0.1, -0.05) is 56.3 Å². The molecule has 6 heteroatoms. The number of Topliss-reactive ketones (excluding diaryl/α,β-unsaturated/α-hetero) is 1. The first-order valence-corrected chi connectivity index (χ1v) is 10.8.